The van der Waals surface area contributed by atoms with Crippen molar-refractivity contribution < 1.29 is 17.9 Å². The van der Waals surface area contributed by atoms with Gasteiger partial charge in [-0.05, 0) is 13.0 Å². The lowest BCUT2D eigenvalue weighted by Gasteiger charge is -2.27. The molecule has 1 aromatic rings. The zero-order valence-corrected chi connectivity index (χ0v) is 11.1. The predicted octanol–water partition coefficient (Wildman–Crippen LogP) is 2.25. The summed E-state index contributed by atoms with van der Waals surface area (Å²) in [7, 11) is -3.71. The van der Waals surface area contributed by atoms with E-state index < -0.39 is 26.0 Å². The number of alkyl halides is 1. The minimum Gasteiger partial charge on any atom is -0.385 e. The third-order valence-corrected chi connectivity index (χ3v) is 5.79. The zero-order chi connectivity index (χ0) is 13.3. The van der Waals surface area contributed by atoms with E-state index in [1.165, 1.54) is 32.0 Å². The number of aliphatic hydroxyl groups excluding tert-OH is 1. The lowest BCUT2D eigenvalue weighted by molar-refractivity contribution is 0.158. The lowest BCUT2D eigenvalue weighted by atomic mass is 10.1. The largest absolute Gasteiger partial charge is 0.385 e. The Labute approximate surface area is 105 Å². The molecule has 0 unspecified atom stereocenters. The molecule has 0 aromatic heterocycles. The van der Waals surface area contributed by atoms with Crippen LogP contribution in [0, 0.1) is 5.82 Å². The average molecular weight is 281 g/mol. The van der Waals surface area contributed by atoms with Crippen molar-refractivity contribution in [2.75, 3.05) is 5.75 Å². The molecule has 17 heavy (non-hydrogen) atoms. The molecule has 0 spiro atoms. The maximum Gasteiger partial charge on any atom is 0.172 e. The van der Waals surface area contributed by atoms with Gasteiger partial charge in [0.15, 0.2) is 14.0 Å². The van der Waals surface area contributed by atoms with E-state index in [9.17, 15) is 17.9 Å². The van der Waals surface area contributed by atoms with Crippen LogP contribution in [0.3, 0.4) is 0 Å². The molecule has 0 heterocycles. The second-order valence-electron chi connectivity index (χ2n) is 3.81. The molecule has 3 nitrogen and oxygen atoms in total. The van der Waals surface area contributed by atoms with Gasteiger partial charge in [-0.2, -0.15) is 0 Å². The average Bonchev–Trinajstić information content (AvgIpc) is 2.28. The maximum absolute atomic E-state index is 13.4. The van der Waals surface area contributed by atoms with Gasteiger partial charge in [0.2, 0.25) is 0 Å². The number of sulfone groups is 1. The molecular formula is C11H14ClFO3S. The van der Waals surface area contributed by atoms with E-state index in [4.69, 9.17) is 11.6 Å². The smallest absolute Gasteiger partial charge is 0.172 e. The summed E-state index contributed by atoms with van der Waals surface area (Å²) >= 11 is 5.88. The fourth-order valence-electron chi connectivity index (χ4n) is 1.43. The third kappa shape index (κ3) is 2.61. The molecule has 1 N–H and O–H groups in total. The topological polar surface area (TPSA) is 54.4 Å². The minimum absolute atomic E-state index is 0.123. The van der Waals surface area contributed by atoms with Crippen molar-refractivity contribution in [3.05, 3.63) is 35.6 Å². The Bertz CT molecular complexity index is 499. The van der Waals surface area contributed by atoms with Gasteiger partial charge in [-0.15, -0.1) is 0 Å². The van der Waals surface area contributed by atoms with Crippen molar-refractivity contribution >= 4 is 21.4 Å². The Kier molecular flexibility index (Phi) is 4.17. The Balaban J connectivity index is 3.23. The Morgan fingerprint density at radius 1 is 1.47 bits per heavy atom. The van der Waals surface area contributed by atoms with Crippen molar-refractivity contribution in [2.24, 2.45) is 0 Å². The molecule has 0 aliphatic rings. The predicted molar refractivity (Wildman–Crippen MR) is 65.1 cm³/mol. The summed E-state index contributed by atoms with van der Waals surface area (Å²) < 4.78 is 35.0. The second kappa shape index (κ2) is 4.92. The number of halogens is 2. The van der Waals surface area contributed by atoms with Gasteiger partial charge >= 0.3 is 0 Å². The van der Waals surface area contributed by atoms with Crippen LogP contribution in [-0.2, 0) is 9.84 Å². The summed E-state index contributed by atoms with van der Waals surface area (Å²) in [6, 6.07) is 5.41. The molecule has 0 radical (unpaired) electrons. The quantitative estimate of drug-likeness (QED) is 0.861. The SMILES string of the molecule is CCS(=O)(=O)[C@@](C)(Cl)[C@@H](O)c1ccccc1F. The van der Waals surface area contributed by atoms with E-state index >= 15 is 0 Å². The highest BCUT2D eigenvalue weighted by molar-refractivity contribution is 7.94. The van der Waals surface area contributed by atoms with E-state index in [1.54, 1.807) is 0 Å². The van der Waals surface area contributed by atoms with E-state index in [1.807, 2.05) is 0 Å². The maximum atomic E-state index is 13.4. The molecule has 0 saturated heterocycles. The van der Waals surface area contributed by atoms with E-state index in [0.717, 1.165) is 6.07 Å². The van der Waals surface area contributed by atoms with Crippen molar-refractivity contribution in [1.29, 1.82) is 0 Å². The minimum atomic E-state index is -3.71. The third-order valence-electron chi connectivity index (χ3n) is 2.68. The molecule has 1 aromatic carbocycles. The van der Waals surface area contributed by atoms with Gasteiger partial charge < -0.3 is 5.11 Å². The number of hydrogen-bond donors (Lipinski definition) is 1. The molecule has 0 amide bonds. The fourth-order valence-corrected chi connectivity index (χ4v) is 2.90. The second-order valence-corrected chi connectivity index (χ2v) is 7.48. The monoisotopic (exact) mass is 280 g/mol. The Morgan fingerprint density at radius 2 is 2.00 bits per heavy atom. The van der Waals surface area contributed by atoms with Crippen molar-refractivity contribution in [1.82, 2.24) is 0 Å². The first-order valence-corrected chi connectivity index (χ1v) is 7.10. The molecule has 1 rings (SSSR count). The molecular weight excluding hydrogens is 267 g/mol. The summed E-state index contributed by atoms with van der Waals surface area (Å²) in [5.41, 5.74) is -0.123. The molecule has 0 aliphatic heterocycles. The van der Waals surface area contributed by atoms with Crippen LogP contribution in [0.4, 0.5) is 4.39 Å². The van der Waals surface area contributed by atoms with Crippen LogP contribution in [0.1, 0.15) is 25.5 Å². The molecule has 2 atom stereocenters. The molecule has 6 heteroatoms. The van der Waals surface area contributed by atoms with Crippen LogP contribution in [0.25, 0.3) is 0 Å². The van der Waals surface area contributed by atoms with E-state index in [-0.39, 0.29) is 11.3 Å². The first kappa shape index (κ1) is 14.4. The molecule has 0 bridgehead atoms. The highest BCUT2D eigenvalue weighted by atomic mass is 35.5. The summed E-state index contributed by atoms with van der Waals surface area (Å²) in [6.07, 6.45) is -1.62. The first-order valence-electron chi connectivity index (χ1n) is 5.07. The summed E-state index contributed by atoms with van der Waals surface area (Å²) in [5.74, 6) is -0.906. The van der Waals surface area contributed by atoms with Gasteiger partial charge in [-0.25, -0.2) is 12.8 Å². The van der Waals surface area contributed by atoms with E-state index in [2.05, 4.69) is 0 Å². The van der Waals surface area contributed by atoms with Crippen LogP contribution >= 0.6 is 11.6 Å². The standard InChI is InChI=1S/C11H14ClFO3S/c1-3-17(15,16)11(2,12)10(14)8-6-4-5-7-9(8)13/h4-7,10,14H,3H2,1-2H3/t10-,11+/m0/s1. The van der Waals surface area contributed by atoms with E-state index in [0.29, 0.717) is 0 Å². The molecule has 0 aliphatic carbocycles. The fraction of sp³-hybridized carbons (Fsp3) is 0.455. The van der Waals surface area contributed by atoms with Crippen LogP contribution in [0.2, 0.25) is 0 Å². The van der Waals surface area contributed by atoms with Crippen LogP contribution in [0.15, 0.2) is 24.3 Å². The number of rotatable bonds is 4. The number of benzene rings is 1. The first-order chi connectivity index (χ1) is 7.74. The van der Waals surface area contributed by atoms with Gasteiger partial charge in [-0.1, -0.05) is 36.7 Å². The summed E-state index contributed by atoms with van der Waals surface area (Å²) in [5, 5.41) is 9.94. The summed E-state index contributed by atoms with van der Waals surface area (Å²) in [6.45, 7) is 2.59. The summed E-state index contributed by atoms with van der Waals surface area (Å²) in [4.78, 5) is 0. The molecule has 0 saturated carbocycles. The lowest BCUT2D eigenvalue weighted by Crippen LogP contribution is -2.37. The van der Waals surface area contributed by atoms with Crippen LogP contribution < -0.4 is 0 Å². The van der Waals surface area contributed by atoms with Crippen molar-refractivity contribution in [2.45, 2.75) is 24.2 Å². The van der Waals surface area contributed by atoms with Gasteiger partial charge in [0.25, 0.3) is 0 Å². The van der Waals surface area contributed by atoms with Crippen LogP contribution in [0.5, 0.6) is 0 Å². The highest BCUT2D eigenvalue weighted by Gasteiger charge is 2.44. The molecule has 0 fully saturated rings. The zero-order valence-electron chi connectivity index (χ0n) is 9.52. The number of aliphatic hydroxyl groups is 1. The van der Waals surface area contributed by atoms with Gasteiger partial charge in [0.1, 0.15) is 11.9 Å². The van der Waals surface area contributed by atoms with Crippen LogP contribution in [-0.4, -0.2) is 23.5 Å². The highest BCUT2D eigenvalue weighted by Crippen LogP contribution is 2.37. The van der Waals surface area contributed by atoms with Gasteiger partial charge in [-0.3, -0.25) is 0 Å². The Morgan fingerprint density at radius 3 is 2.47 bits per heavy atom. The Hall–Kier alpha value is -0.650. The van der Waals surface area contributed by atoms with Gasteiger partial charge in [0, 0.05) is 11.3 Å². The number of hydrogen-bond acceptors (Lipinski definition) is 3. The normalized spacial score (nSPS) is 17.5. The molecule has 96 valence electrons. The van der Waals surface area contributed by atoms with Gasteiger partial charge in [0.05, 0.1) is 0 Å². The van der Waals surface area contributed by atoms with Crippen molar-refractivity contribution in [3.8, 4) is 0 Å². The van der Waals surface area contributed by atoms with Crippen molar-refractivity contribution in [3.63, 3.8) is 0 Å².